The number of hydrogen-bond acceptors (Lipinski definition) is 6. The quantitative estimate of drug-likeness (QED) is 0.567. The summed E-state index contributed by atoms with van der Waals surface area (Å²) in [6.45, 7) is 3.63. The molecule has 3 heterocycles. The first-order valence-electron chi connectivity index (χ1n) is 8.79. The molecule has 0 aliphatic carbocycles. The molecular weight excluding hydrogens is 430 g/mol. The largest absolute Gasteiger partial charge is 0.431 e. The number of benzene rings is 1. The Bertz CT molecular complexity index is 1250. The van der Waals surface area contributed by atoms with Gasteiger partial charge >= 0.3 is 11.9 Å². The van der Waals surface area contributed by atoms with E-state index in [-0.39, 0.29) is 22.8 Å². The molecule has 1 fully saturated rings. The van der Waals surface area contributed by atoms with Crippen molar-refractivity contribution in [3.8, 4) is 5.69 Å². The molecule has 1 saturated heterocycles. The molecule has 2 unspecified atom stereocenters. The van der Waals surface area contributed by atoms with Gasteiger partial charge < -0.3 is 9.47 Å². The molecule has 4 rings (SSSR count). The predicted molar refractivity (Wildman–Crippen MR) is 99.3 cm³/mol. The van der Waals surface area contributed by atoms with Gasteiger partial charge in [-0.3, -0.25) is 9.36 Å². The lowest BCUT2D eigenvalue weighted by Crippen LogP contribution is -2.41. The minimum absolute atomic E-state index is 0.212. The maximum absolute atomic E-state index is 14.7. The van der Waals surface area contributed by atoms with E-state index in [1.165, 1.54) is 6.07 Å². The maximum Gasteiger partial charge on any atom is 0.431 e. The Kier molecular flexibility index (Phi) is 4.83. The summed E-state index contributed by atoms with van der Waals surface area (Å²) in [7, 11) is 0.859. The SMILES string of the molecule is CC1OC(c2nsc3cc(F)c(-n4c(=O)cc(C(F)(F)F)n(C)c4=O)cc23)O[C@@H]1C. The lowest BCUT2D eigenvalue weighted by Gasteiger charge is -2.14. The zero-order valence-corrected chi connectivity index (χ0v) is 16.7. The maximum atomic E-state index is 14.7. The van der Waals surface area contributed by atoms with Crippen molar-refractivity contribution in [3.05, 3.63) is 56.2 Å². The number of hydrogen-bond donors (Lipinski definition) is 0. The van der Waals surface area contributed by atoms with Crippen LogP contribution in [0.4, 0.5) is 17.6 Å². The van der Waals surface area contributed by atoms with Gasteiger partial charge in [-0.25, -0.2) is 13.8 Å². The van der Waals surface area contributed by atoms with Crippen LogP contribution in [0.1, 0.15) is 31.5 Å². The fraction of sp³-hybridized carbons (Fsp3) is 0.389. The highest BCUT2D eigenvalue weighted by Gasteiger charge is 2.36. The molecule has 1 aromatic carbocycles. The van der Waals surface area contributed by atoms with Gasteiger partial charge in [0.25, 0.3) is 5.56 Å². The second-order valence-electron chi connectivity index (χ2n) is 6.92. The number of ether oxygens (including phenoxy) is 2. The van der Waals surface area contributed by atoms with Gasteiger partial charge in [-0.15, -0.1) is 0 Å². The van der Waals surface area contributed by atoms with Crippen molar-refractivity contribution in [1.29, 1.82) is 0 Å². The number of nitrogens with zero attached hydrogens (tertiary/aromatic N) is 3. The van der Waals surface area contributed by atoms with E-state index in [2.05, 4.69) is 4.37 Å². The monoisotopic (exact) mass is 445 g/mol. The van der Waals surface area contributed by atoms with Crippen LogP contribution in [-0.2, 0) is 22.7 Å². The third kappa shape index (κ3) is 3.24. The van der Waals surface area contributed by atoms with E-state index in [0.29, 0.717) is 20.3 Å². The average Bonchev–Trinajstić information content (AvgIpc) is 3.20. The van der Waals surface area contributed by atoms with Crippen molar-refractivity contribution in [1.82, 2.24) is 13.5 Å². The van der Waals surface area contributed by atoms with Crippen LogP contribution in [0, 0.1) is 5.82 Å². The molecule has 0 amide bonds. The van der Waals surface area contributed by atoms with Gasteiger partial charge in [0, 0.05) is 18.5 Å². The lowest BCUT2D eigenvalue weighted by molar-refractivity contribution is -0.144. The van der Waals surface area contributed by atoms with Crippen LogP contribution < -0.4 is 11.2 Å². The minimum atomic E-state index is -4.91. The van der Waals surface area contributed by atoms with Crippen molar-refractivity contribution in [2.75, 3.05) is 0 Å². The molecule has 12 heteroatoms. The summed E-state index contributed by atoms with van der Waals surface area (Å²) in [4.78, 5) is 24.8. The van der Waals surface area contributed by atoms with Gasteiger partial charge in [0.15, 0.2) is 0 Å². The second kappa shape index (κ2) is 7.00. The fourth-order valence-corrected chi connectivity index (χ4v) is 4.00. The van der Waals surface area contributed by atoms with Crippen LogP contribution >= 0.6 is 11.5 Å². The number of rotatable bonds is 2. The van der Waals surface area contributed by atoms with E-state index in [1.807, 2.05) is 13.8 Å². The zero-order valence-electron chi connectivity index (χ0n) is 15.9. The lowest BCUT2D eigenvalue weighted by atomic mass is 10.2. The molecule has 0 N–H and O–H groups in total. The molecule has 160 valence electrons. The highest BCUT2D eigenvalue weighted by Crippen LogP contribution is 2.37. The highest BCUT2D eigenvalue weighted by atomic mass is 32.1. The third-order valence-corrected chi connectivity index (χ3v) is 5.80. The molecule has 0 radical (unpaired) electrons. The summed E-state index contributed by atoms with van der Waals surface area (Å²) in [6, 6.07) is 2.52. The summed E-state index contributed by atoms with van der Waals surface area (Å²) in [5, 5.41) is 0.372. The molecule has 3 atom stereocenters. The number of aromatic nitrogens is 3. The normalized spacial score (nSPS) is 22.2. The summed E-state index contributed by atoms with van der Waals surface area (Å²) in [5.41, 5.74) is -4.20. The first kappa shape index (κ1) is 20.7. The standard InChI is InChI=1S/C18H15F4N3O4S/c1-7-8(2)29-16(28-7)15-9-4-11(10(19)5-12(9)30-23-15)25-14(26)6-13(18(20,21)22)24(3)17(25)27/h4-8,16H,1-3H3/t7-,8?,16?/m1/s1. The summed E-state index contributed by atoms with van der Waals surface area (Å²) in [6.07, 6.45) is -6.16. The van der Waals surface area contributed by atoms with Crippen LogP contribution in [0.2, 0.25) is 0 Å². The van der Waals surface area contributed by atoms with Crippen LogP contribution in [0.3, 0.4) is 0 Å². The Morgan fingerprint density at radius 2 is 1.73 bits per heavy atom. The average molecular weight is 445 g/mol. The van der Waals surface area contributed by atoms with Gasteiger partial charge in [-0.2, -0.15) is 17.5 Å². The zero-order chi connectivity index (χ0) is 22.0. The summed E-state index contributed by atoms with van der Waals surface area (Å²) < 4.78 is 70.5. The first-order chi connectivity index (χ1) is 14.0. The van der Waals surface area contributed by atoms with E-state index in [4.69, 9.17) is 9.47 Å². The van der Waals surface area contributed by atoms with E-state index in [0.717, 1.165) is 24.6 Å². The second-order valence-corrected chi connectivity index (χ2v) is 7.73. The molecule has 7 nitrogen and oxygen atoms in total. The Morgan fingerprint density at radius 1 is 1.10 bits per heavy atom. The van der Waals surface area contributed by atoms with E-state index < -0.39 is 40.9 Å². The molecule has 1 aliphatic heterocycles. The van der Waals surface area contributed by atoms with Crippen molar-refractivity contribution >= 4 is 21.6 Å². The molecule has 0 bridgehead atoms. The van der Waals surface area contributed by atoms with Crippen molar-refractivity contribution < 1.29 is 27.0 Å². The molecule has 3 aromatic rings. The highest BCUT2D eigenvalue weighted by molar-refractivity contribution is 7.13. The molecular formula is C18H15F4N3O4S. The smallest absolute Gasteiger partial charge is 0.341 e. The molecule has 2 aromatic heterocycles. The number of alkyl halides is 3. The summed E-state index contributed by atoms with van der Waals surface area (Å²) >= 11 is 0.969. The number of fused-ring (bicyclic) bond motifs is 1. The van der Waals surface area contributed by atoms with E-state index >= 15 is 0 Å². The van der Waals surface area contributed by atoms with Crippen LogP contribution in [-0.4, -0.2) is 25.7 Å². The van der Waals surface area contributed by atoms with Crippen LogP contribution in [0.15, 0.2) is 27.8 Å². The van der Waals surface area contributed by atoms with Gasteiger partial charge in [-0.1, -0.05) is 0 Å². The van der Waals surface area contributed by atoms with Crippen molar-refractivity contribution in [3.63, 3.8) is 0 Å². The molecule has 0 saturated carbocycles. The summed E-state index contributed by atoms with van der Waals surface area (Å²) in [5.74, 6) is -0.952. The molecule has 1 aliphatic rings. The van der Waals surface area contributed by atoms with Gasteiger partial charge in [0.05, 0.1) is 22.6 Å². The van der Waals surface area contributed by atoms with Gasteiger partial charge in [0.1, 0.15) is 17.2 Å². The fourth-order valence-electron chi connectivity index (χ4n) is 3.20. The Hall–Kier alpha value is -2.57. The van der Waals surface area contributed by atoms with Crippen molar-refractivity contribution in [2.45, 2.75) is 38.5 Å². The Morgan fingerprint density at radius 3 is 2.33 bits per heavy atom. The predicted octanol–water partition coefficient (Wildman–Crippen LogP) is 3.13. The topological polar surface area (TPSA) is 75.4 Å². The molecule has 0 spiro atoms. The van der Waals surface area contributed by atoms with Crippen molar-refractivity contribution in [2.24, 2.45) is 7.05 Å². The van der Waals surface area contributed by atoms with Crippen LogP contribution in [0.25, 0.3) is 15.8 Å². The Balaban J connectivity index is 1.91. The Labute approximate surface area is 170 Å². The molecule has 30 heavy (non-hydrogen) atoms. The first-order valence-corrected chi connectivity index (χ1v) is 9.56. The third-order valence-electron chi connectivity index (χ3n) is 4.98. The van der Waals surface area contributed by atoms with E-state index in [9.17, 15) is 27.2 Å². The minimum Gasteiger partial charge on any atom is -0.341 e. The van der Waals surface area contributed by atoms with Crippen LogP contribution in [0.5, 0.6) is 0 Å². The van der Waals surface area contributed by atoms with Gasteiger partial charge in [-0.05, 0) is 37.5 Å². The number of halogens is 4. The van der Waals surface area contributed by atoms with Gasteiger partial charge in [0.2, 0.25) is 6.29 Å². The van der Waals surface area contributed by atoms with E-state index in [1.54, 1.807) is 0 Å².